The number of nitrogens with one attached hydrogen (secondary N) is 1. The number of amides is 1. The van der Waals surface area contributed by atoms with Gasteiger partial charge in [-0.2, -0.15) is 11.8 Å². The fourth-order valence-corrected chi connectivity index (χ4v) is 3.13. The Bertz CT molecular complexity index is 897. The normalized spacial score (nSPS) is 11.0. The van der Waals surface area contributed by atoms with Crippen LogP contribution < -0.4 is 5.32 Å². The van der Waals surface area contributed by atoms with Crippen LogP contribution >= 0.6 is 23.4 Å². The fourth-order valence-electron chi connectivity index (χ4n) is 2.47. The lowest BCUT2D eigenvalue weighted by Gasteiger charge is -2.10. The molecule has 4 nitrogen and oxygen atoms in total. The van der Waals surface area contributed by atoms with E-state index in [0.717, 1.165) is 16.9 Å². The minimum absolute atomic E-state index is 0.0241. The summed E-state index contributed by atoms with van der Waals surface area (Å²) in [6, 6.07) is 12.1. The van der Waals surface area contributed by atoms with E-state index in [9.17, 15) is 9.18 Å². The maximum Gasteiger partial charge on any atom is 0.244 e. The van der Waals surface area contributed by atoms with E-state index in [1.807, 2.05) is 35.1 Å². The molecular formula is C17H15ClFN3OS. The molecule has 0 aliphatic carbocycles. The number of fused-ring (bicyclic) bond motifs is 1. The van der Waals surface area contributed by atoms with Crippen molar-refractivity contribution in [1.82, 2.24) is 9.55 Å². The molecule has 124 valence electrons. The second-order valence-electron chi connectivity index (χ2n) is 5.19. The number of halogens is 2. The number of imidazole rings is 1. The summed E-state index contributed by atoms with van der Waals surface area (Å²) in [5.74, 6) is 0.535. The molecule has 0 fully saturated rings. The van der Waals surface area contributed by atoms with E-state index in [2.05, 4.69) is 10.3 Å². The van der Waals surface area contributed by atoms with Gasteiger partial charge in [-0.15, -0.1) is 0 Å². The predicted molar refractivity (Wildman–Crippen MR) is 97.0 cm³/mol. The lowest BCUT2D eigenvalue weighted by molar-refractivity contribution is -0.116. The Morgan fingerprint density at radius 3 is 2.88 bits per heavy atom. The van der Waals surface area contributed by atoms with Crippen LogP contribution in [-0.2, 0) is 17.1 Å². The van der Waals surface area contributed by atoms with Gasteiger partial charge in [0.25, 0.3) is 0 Å². The second-order valence-corrected chi connectivity index (χ2v) is 6.46. The van der Waals surface area contributed by atoms with E-state index in [1.54, 1.807) is 17.8 Å². The molecule has 0 aliphatic rings. The highest BCUT2D eigenvalue weighted by atomic mass is 35.5. The average Bonchev–Trinajstić information content (AvgIpc) is 2.90. The Morgan fingerprint density at radius 1 is 1.29 bits per heavy atom. The van der Waals surface area contributed by atoms with Crippen molar-refractivity contribution < 1.29 is 9.18 Å². The smallest absolute Gasteiger partial charge is 0.244 e. The van der Waals surface area contributed by atoms with E-state index < -0.39 is 5.82 Å². The SMILES string of the molecule is CSCc1nc2ccccc2n1CC(=O)Nc1cccc(Cl)c1F. The van der Waals surface area contributed by atoms with Crippen molar-refractivity contribution in [2.45, 2.75) is 12.3 Å². The number of rotatable bonds is 5. The Hall–Kier alpha value is -2.05. The molecule has 0 radical (unpaired) electrons. The van der Waals surface area contributed by atoms with Gasteiger partial charge in [-0.05, 0) is 30.5 Å². The summed E-state index contributed by atoms with van der Waals surface area (Å²) in [6.07, 6.45) is 1.98. The number of carbonyl (C=O) groups excluding carboxylic acids is 1. The Kier molecular flexibility index (Phi) is 5.06. The fraction of sp³-hybridized carbons (Fsp3) is 0.176. The van der Waals surface area contributed by atoms with Crippen LogP contribution in [0.3, 0.4) is 0 Å². The van der Waals surface area contributed by atoms with Crippen molar-refractivity contribution in [3.05, 3.63) is 59.1 Å². The lowest BCUT2D eigenvalue weighted by atomic mass is 10.3. The van der Waals surface area contributed by atoms with Gasteiger partial charge in [0, 0.05) is 0 Å². The highest BCUT2D eigenvalue weighted by Gasteiger charge is 2.15. The van der Waals surface area contributed by atoms with Gasteiger partial charge in [-0.25, -0.2) is 9.37 Å². The summed E-state index contributed by atoms with van der Waals surface area (Å²) in [6.45, 7) is 0.0579. The first-order valence-corrected chi connectivity index (χ1v) is 9.04. The van der Waals surface area contributed by atoms with Crippen LogP contribution in [0.25, 0.3) is 11.0 Å². The highest BCUT2D eigenvalue weighted by Crippen LogP contribution is 2.23. The van der Waals surface area contributed by atoms with Crippen molar-refractivity contribution in [2.75, 3.05) is 11.6 Å². The van der Waals surface area contributed by atoms with E-state index in [4.69, 9.17) is 11.6 Å². The number of nitrogens with zero attached hydrogens (tertiary/aromatic N) is 2. The zero-order chi connectivity index (χ0) is 17.1. The van der Waals surface area contributed by atoms with Crippen LogP contribution in [0.4, 0.5) is 10.1 Å². The third kappa shape index (κ3) is 3.39. The molecule has 0 atom stereocenters. The maximum atomic E-state index is 13.9. The van der Waals surface area contributed by atoms with Crippen molar-refractivity contribution in [3.63, 3.8) is 0 Å². The zero-order valence-corrected chi connectivity index (χ0v) is 14.5. The van der Waals surface area contributed by atoms with Crippen LogP contribution in [0.5, 0.6) is 0 Å². The van der Waals surface area contributed by atoms with Gasteiger partial charge in [-0.1, -0.05) is 29.8 Å². The molecule has 0 aliphatic heterocycles. The predicted octanol–water partition coefficient (Wildman–Crippen LogP) is 4.33. The molecule has 1 aromatic heterocycles. The summed E-state index contributed by atoms with van der Waals surface area (Å²) in [5, 5.41) is 2.55. The summed E-state index contributed by atoms with van der Waals surface area (Å²) in [5.41, 5.74) is 1.79. The minimum Gasteiger partial charge on any atom is -0.322 e. The van der Waals surface area contributed by atoms with Crippen LogP contribution in [-0.4, -0.2) is 21.7 Å². The number of hydrogen-bond donors (Lipinski definition) is 1. The summed E-state index contributed by atoms with van der Waals surface area (Å²) < 4.78 is 15.8. The molecule has 3 rings (SSSR count). The molecule has 1 N–H and O–H groups in total. The molecule has 1 heterocycles. The monoisotopic (exact) mass is 363 g/mol. The molecule has 0 saturated carbocycles. The van der Waals surface area contributed by atoms with Gasteiger partial charge in [-0.3, -0.25) is 4.79 Å². The van der Waals surface area contributed by atoms with Gasteiger partial charge >= 0.3 is 0 Å². The van der Waals surface area contributed by atoms with E-state index in [1.165, 1.54) is 12.1 Å². The van der Waals surface area contributed by atoms with Crippen molar-refractivity contribution in [3.8, 4) is 0 Å². The van der Waals surface area contributed by atoms with Crippen LogP contribution in [0.2, 0.25) is 5.02 Å². The lowest BCUT2D eigenvalue weighted by Crippen LogP contribution is -2.20. The van der Waals surface area contributed by atoms with E-state index in [0.29, 0.717) is 5.75 Å². The maximum absolute atomic E-state index is 13.9. The Morgan fingerprint density at radius 2 is 2.08 bits per heavy atom. The number of hydrogen-bond acceptors (Lipinski definition) is 3. The quantitative estimate of drug-likeness (QED) is 0.733. The third-order valence-corrected chi connectivity index (χ3v) is 4.37. The number of carbonyl (C=O) groups is 1. The first kappa shape index (κ1) is 16.8. The van der Waals surface area contributed by atoms with Crippen molar-refractivity contribution in [1.29, 1.82) is 0 Å². The molecular weight excluding hydrogens is 349 g/mol. The van der Waals surface area contributed by atoms with Gasteiger partial charge in [0.05, 0.1) is 27.5 Å². The largest absolute Gasteiger partial charge is 0.322 e. The van der Waals surface area contributed by atoms with Crippen LogP contribution in [0.1, 0.15) is 5.82 Å². The standard InChI is InChI=1S/C17H15ClFN3OS/c1-24-10-15-20-12-6-2-3-8-14(12)22(15)9-16(23)21-13-7-4-5-11(18)17(13)19/h2-8H,9-10H2,1H3,(H,21,23). The molecule has 3 aromatic rings. The number of aromatic nitrogens is 2. The third-order valence-electron chi connectivity index (χ3n) is 3.53. The Balaban J connectivity index is 1.87. The van der Waals surface area contributed by atoms with Gasteiger partial charge in [0.2, 0.25) is 5.91 Å². The van der Waals surface area contributed by atoms with Gasteiger partial charge in [0.15, 0.2) is 5.82 Å². The van der Waals surface area contributed by atoms with Crippen LogP contribution in [0, 0.1) is 5.82 Å². The van der Waals surface area contributed by atoms with Crippen molar-refractivity contribution >= 4 is 46.0 Å². The molecule has 0 unspecified atom stereocenters. The number of benzene rings is 2. The Labute approximate surface area is 148 Å². The second kappa shape index (κ2) is 7.23. The highest BCUT2D eigenvalue weighted by molar-refractivity contribution is 7.97. The molecule has 2 aromatic carbocycles. The molecule has 0 spiro atoms. The topological polar surface area (TPSA) is 46.9 Å². The molecule has 7 heteroatoms. The van der Waals surface area contributed by atoms with Crippen LogP contribution in [0.15, 0.2) is 42.5 Å². The molecule has 0 bridgehead atoms. The first-order valence-electron chi connectivity index (χ1n) is 7.27. The van der Waals surface area contributed by atoms with E-state index >= 15 is 0 Å². The van der Waals surface area contributed by atoms with Gasteiger partial charge < -0.3 is 9.88 Å². The summed E-state index contributed by atoms with van der Waals surface area (Å²) >= 11 is 7.37. The average molecular weight is 364 g/mol. The van der Waals surface area contributed by atoms with Crippen molar-refractivity contribution in [2.24, 2.45) is 0 Å². The van der Waals surface area contributed by atoms with E-state index in [-0.39, 0.29) is 23.2 Å². The van der Waals surface area contributed by atoms with Gasteiger partial charge in [0.1, 0.15) is 12.4 Å². The number of thioether (sulfide) groups is 1. The summed E-state index contributed by atoms with van der Waals surface area (Å²) in [7, 11) is 0. The minimum atomic E-state index is -0.632. The first-order chi connectivity index (χ1) is 11.6. The molecule has 24 heavy (non-hydrogen) atoms. The molecule has 0 saturated heterocycles. The summed E-state index contributed by atoms with van der Waals surface area (Å²) in [4.78, 5) is 16.9. The zero-order valence-electron chi connectivity index (χ0n) is 12.9. The molecule has 1 amide bonds. The number of para-hydroxylation sites is 2. The number of anilines is 1.